The summed E-state index contributed by atoms with van der Waals surface area (Å²) in [6, 6.07) is 25.4. The van der Waals surface area contributed by atoms with E-state index in [0.29, 0.717) is 17.7 Å². The third-order valence-electron chi connectivity index (χ3n) is 5.60. The number of rotatable bonds is 10. The molecule has 1 aromatic heterocycles. The Morgan fingerprint density at radius 2 is 1.61 bits per heavy atom. The van der Waals surface area contributed by atoms with Crippen molar-refractivity contribution >= 4 is 5.97 Å². The maximum Gasteiger partial charge on any atom is 0.336 e. The Morgan fingerprint density at radius 3 is 2.33 bits per heavy atom. The quantitative estimate of drug-likeness (QED) is 0.328. The number of carboxylic acid groups (broad SMARTS) is 1. The summed E-state index contributed by atoms with van der Waals surface area (Å²) in [5, 5.41) is 14.3. The Balaban J connectivity index is 1.52. The molecule has 5 nitrogen and oxygen atoms in total. The van der Waals surface area contributed by atoms with Crippen LogP contribution in [0.4, 0.5) is 0 Å². The van der Waals surface area contributed by atoms with Crippen molar-refractivity contribution in [1.29, 1.82) is 0 Å². The Morgan fingerprint density at radius 1 is 0.879 bits per heavy atom. The smallest absolute Gasteiger partial charge is 0.336 e. The van der Waals surface area contributed by atoms with Crippen LogP contribution in [0.25, 0.3) is 11.1 Å². The van der Waals surface area contributed by atoms with Gasteiger partial charge in [0.15, 0.2) is 5.82 Å². The number of aromatic nitrogens is 3. The van der Waals surface area contributed by atoms with Crippen molar-refractivity contribution in [2.45, 2.75) is 32.2 Å². The van der Waals surface area contributed by atoms with Crippen LogP contribution < -0.4 is 0 Å². The predicted octanol–water partition coefficient (Wildman–Crippen LogP) is 5.60. The summed E-state index contributed by atoms with van der Waals surface area (Å²) in [6.45, 7) is 4.45. The molecule has 3 aromatic carbocycles. The van der Waals surface area contributed by atoms with E-state index in [2.05, 4.69) is 30.8 Å². The lowest BCUT2D eigenvalue weighted by molar-refractivity contribution is 0.0697. The largest absolute Gasteiger partial charge is 0.478 e. The average Bonchev–Trinajstić information content (AvgIpc) is 3.24. The molecule has 0 saturated heterocycles. The highest BCUT2D eigenvalue weighted by molar-refractivity contribution is 5.95. The number of carboxylic acids is 1. The molecule has 0 radical (unpaired) electrons. The van der Waals surface area contributed by atoms with Crippen LogP contribution in [0.15, 0.2) is 91.5 Å². The van der Waals surface area contributed by atoms with Gasteiger partial charge >= 0.3 is 5.97 Å². The van der Waals surface area contributed by atoms with Crippen LogP contribution in [0.3, 0.4) is 0 Å². The molecule has 0 amide bonds. The molecular formula is C28H27N3O2. The number of aryl methyl sites for hydroxylation is 3. The molecular weight excluding hydrogens is 410 g/mol. The van der Waals surface area contributed by atoms with Gasteiger partial charge < -0.3 is 5.11 Å². The first kappa shape index (κ1) is 22.2. The van der Waals surface area contributed by atoms with Gasteiger partial charge in [-0.3, -0.25) is 0 Å². The molecule has 0 spiro atoms. The van der Waals surface area contributed by atoms with Gasteiger partial charge in [0.05, 0.1) is 12.1 Å². The monoisotopic (exact) mass is 437 g/mol. The first-order valence-electron chi connectivity index (χ1n) is 11.1. The zero-order valence-electron chi connectivity index (χ0n) is 18.5. The van der Waals surface area contributed by atoms with Crippen molar-refractivity contribution in [3.63, 3.8) is 0 Å². The second kappa shape index (κ2) is 10.6. The Kier molecular flexibility index (Phi) is 7.10. The number of hydrogen-bond acceptors (Lipinski definition) is 3. The van der Waals surface area contributed by atoms with Gasteiger partial charge in [-0.2, -0.15) is 5.10 Å². The Labute approximate surface area is 194 Å². The number of hydrogen-bond donors (Lipinski definition) is 1. The SMILES string of the molecule is C=CCCc1nc(CCc2ccccc2)nn1Cc1ccc(-c2ccccc2C(=O)O)cc1. The van der Waals surface area contributed by atoms with Crippen LogP contribution in [0.5, 0.6) is 0 Å². The summed E-state index contributed by atoms with van der Waals surface area (Å²) in [7, 11) is 0. The van der Waals surface area contributed by atoms with E-state index < -0.39 is 5.97 Å². The summed E-state index contributed by atoms with van der Waals surface area (Å²) < 4.78 is 1.98. The molecule has 0 fully saturated rings. The van der Waals surface area contributed by atoms with Crippen molar-refractivity contribution in [3.8, 4) is 11.1 Å². The lowest BCUT2D eigenvalue weighted by atomic mass is 9.99. The Hall–Kier alpha value is -3.99. The van der Waals surface area contributed by atoms with E-state index in [0.717, 1.165) is 48.5 Å². The van der Waals surface area contributed by atoms with Crippen LogP contribution in [0.2, 0.25) is 0 Å². The molecule has 4 aromatic rings. The van der Waals surface area contributed by atoms with E-state index in [9.17, 15) is 9.90 Å². The number of benzene rings is 3. The maximum atomic E-state index is 11.5. The van der Waals surface area contributed by atoms with Crippen LogP contribution in [0, 0.1) is 0 Å². The van der Waals surface area contributed by atoms with E-state index in [1.54, 1.807) is 12.1 Å². The first-order chi connectivity index (χ1) is 16.1. The zero-order valence-corrected chi connectivity index (χ0v) is 18.5. The minimum Gasteiger partial charge on any atom is -0.478 e. The van der Waals surface area contributed by atoms with Crippen molar-refractivity contribution < 1.29 is 9.90 Å². The predicted molar refractivity (Wildman–Crippen MR) is 130 cm³/mol. The van der Waals surface area contributed by atoms with Crippen LogP contribution in [-0.4, -0.2) is 25.8 Å². The normalized spacial score (nSPS) is 10.8. The average molecular weight is 438 g/mol. The van der Waals surface area contributed by atoms with Gasteiger partial charge in [0.25, 0.3) is 0 Å². The number of carbonyl (C=O) groups is 1. The molecule has 0 aliphatic heterocycles. The van der Waals surface area contributed by atoms with E-state index in [1.807, 2.05) is 53.2 Å². The van der Waals surface area contributed by atoms with Gasteiger partial charge in [0.1, 0.15) is 5.82 Å². The third-order valence-corrected chi connectivity index (χ3v) is 5.60. The molecule has 1 heterocycles. The minimum atomic E-state index is -0.924. The van der Waals surface area contributed by atoms with Gasteiger partial charge in [0, 0.05) is 12.8 Å². The van der Waals surface area contributed by atoms with Gasteiger partial charge in [0.2, 0.25) is 0 Å². The lowest BCUT2D eigenvalue weighted by Gasteiger charge is -2.09. The Bertz CT molecular complexity index is 1230. The minimum absolute atomic E-state index is 0.302. The highest BCUT2D eigenvalue weighted by Crippen LogP contribution is 2.24. The standard InChI is InChI=1S/C28H27N3O2/c1-2-3-13-27-29-26(19-16-21-9-5-4-6-10-21)30-31(27)20-22-14-17-23(18-15-22)24-11-7-8-12-25(24)28(32)33/h2,4-12,14-15,17-18H,1,3,13,16,19-20H2,(H,32,33). The van der Waals surface area contributed by atoms with E-state index in [1.165, 1.54) is 5.56 Å². The number of nitrogens with zero attached hydrogens (tertiary/aromatic N) is 3. The van der Waals surface area contributed by atoms with Crippen molar-refractivity contribution in [2.75, 3.05) is 0 Å². The van der Waals surface area contributed by atoms with E-state index in [4.69, 9.17) is 10.1 Å². The summed E-state index contributed by atoms with van der Waals surface area (Å²) in [6.07, 6.45) is 5.25. The van der Waals surface area contributed by atoms with Gasteiger partial charge in [-0.25, -0.2) is 14.5 Å². The molecule has 1 N–H and O–H groups in total. The number of aromatic carboxylic acids is 1. The summed E-state index contributed by atoms with van der Waals surface area (Å²) in [5.74, 6) is 0.885. The second-order valence-electron chi connectivity index (χ2n) is 7.96. The summed E-state index contributed by atoms with van der Waals surface area (Å²) in [4.78, 5) is 16.3. The molecule has 0 unspecified atom stereocenters. The van der Waals surface area contributed by atoms with Gasteiger partial charge in [-0.05, 0) is 41.2 Å². The van der Waals surface area contributed by atoms with Crippen LogP contribution >= 0.6 is 0 Å². The fraction of sp³-hybridized carbons (Fsp3) is 0.179. The maximum absolute atomic E-state index is 11.5. The third kappa shape index (κ3) is 5.63. The summed E-state index contributed by atoms with van der Waals surface area (Å²) in [5.41, 5.74) is 4.26. The van der Waals surface area contributed by atoms with Crippen molar-refractivity contribution in [2.24, 2.45) is 0 Å². The fourth-order valence-electron chi connectivity index (χ4n) is 3.86. The molecule has 166 valence electrons. The lowest BCUT2D eigenvalue weighted by Crippen LogP contribution is -2.07. The van der Waals surface area contributed by atoms with E-state index >= 15 is 0 Å². The first-order valence-corrected chi connectivity index (χ1v) is 11.1. The highest BCUT2D eigenvalue weighted by Gasteiger charge is 2.13. The zero-order chi connectivity index (χ0) is 23.0. The fourth-order valence-corrected chi connectivity index (χ4v) is 3.86. The van der Waals surface area contributed by atoms with Crippen molar-refractivity contribution in [1.82, 2.24) is 14.8 Å². The summed E-state index contributed by atoms with van der Waals surface area (Å²) >= 11 is 0. The molecule has 5 heteroatoms. The molecule has 0 aliphatic carbocycles. The molecule has 4 rings (SSSR count). The highest BCUT2D eigenvalue weighted by atomic mass is 16.4. The molecule has 0 atom stereocenters. The second-order valence-corrected chi connectivity index (χ2v) is 7.96. The van der Waals surface area contributed by atoms with Gasteiger partial charge in [-0.15, -0.1) is 6.58 Å². The topological polar surface area (TPSA) is 68.0 Å². The molecule has 0 bridgehead atoms. The van der Waals surface area contributed by atoms with Crippen molar-refractivity contribution in [3.05, 3.63) is 120 Å². The van der Waals surface area contributed by atoms with E-state index in [-0.39, 0.29) is 0 Å². The number of allylic oxidation sites excluding steroid dienone is 1. The van der Waals surface area contributed by atoms with Gasteiger partial charge in [-0.1, -0.05) is 78.9 Å². The van der Waals surface area contributed by atoms with Crippen LogP contribution in [0.1, 0.15) is 39.6 Å². The molecule has 33 heavy (non-hydrogen) atoms. The van der Waals surface area contributed by atoms with Crippen LogP contribution in [-0.2, 0) is 25.8 Å². The molecule has 0 aliphatic rings. The molecule has 0 saturated carbocycles.